The van der Waals surface area contributed by atoms with Crippen LogP contribution in [-0.4, -0.2) is 23.5 Å². The van der Waals surface area contributed by atoms with Gasteiger partial charge in [-0.1, -0.05) is 37.5 Å². The third-order valence-electron chi connectivity index (χ3n) is 5.30. The van der Waals surface area contributed by atoms with Crippen molar-refractivity contribution in [3.63, 3.8) is 0 Å². The zero-order chi connectivity index (χ0) is 17.1. The Kier molecular flexibility index (Phi) is 4.68. The SMILES string of the molecule is O=C(NCC1Cc2cccc(-c3ccncc3)c2O1)C1CCCCC1. The van der Waals surface area contributed by atoms with Gasteiger partial charge in [0, 0.05) is 30.3 Å². The molecule has 4 nitrogen and oxygen atoms in total. The van der Waals surface area contributed by atoms with Crippen LogP contribution in [0.15, 0.2) is 42.7 Å². The molecule has 0 radical (unpaired) electrons. The van der Waals surface area contributed by atoms with Crippen LogP contribution in [0.2, 0.25) is 0 Å². The Morgan fingerprint density at radius 1 is 1.12 bits per heavy atom. The molecular formula is C21H24N2O2. The van der Waals surface area contributed by atoms with E-state index >= 15 is 0 Å². The molecule has 4 heteroatoms. The van der Waals surface area contributed by atoms with Gasteiger partial charge in [-0.3, -0.25) is 9.78 Å². The van der Waals surface area contributed by atoms with Gasteiger partial charge in [-0.25, -0.2) is 0 Å². The van der Waals surface area contributed by atoms with Crippen LogP contribution in [0.4, 0.5) is 0 Å². The fourth-order valence-electron chi connectivity index (χ4n) is 3.93. The molecule has 0 saturated heterocycles. The van der Waals surface area contributed by atoms with Crippen molar-refractivity contribution in [2.24, 2.45) is 5.92 Å². The summed E-state index contributed by atoms with van der Waals surface area (Å²) in [7, 11) is 0. The lowest BCUT2D eigenvalue weighted by Gasteiger charge is -2.21. The van der Waals surface area contributed by atoms with Gasteiger partial charge >= 0.3 is 0 Å². The molecule has 1 amide bonds. The molecule has 2 aliphatic rings. The van der Waals surface area contributed by atoms with E-state index in [-0.39, 0.29) is 17.9 Å². The maximum Gasteiger partial charge on any atom is 0.223 e. The topological polar surface area (TPSA) is 51.2 Å². The largest absolute Gasteiger partial charge is 0.487 e. The molecule has 130 valence electrons. The number of benzene rings is 1. The van der Waals surface area contributed by atoms with Crippen molar-refractivity contribution in [3.8, 4) is 16.9 Å². The molecule has 1 aromatic heterocycles. The summed E-state index contributed by atoms with van der Waals surface area (Å²) in [6, 6.07) is 10.3. The van der Waals surface area contributed by atoms with Crippen LogP contribution >= 0.6 is 0 Å². The molecule has 1 unspecified atom stereocenters. The van der Waals surface area contributed by atoms with Crippen molar-refractivity contribution in [1.82, 2.24) is 10.3 Å². The number of carbonyl (C=O) groups is 1. The van der Waals surface area contributed by atoms with Crippen LogP contribution < -0.4 is 10.1 Å². The first-order valence-corrected chi connectivity index (χ1v) is 9.28. The molecule has 1 aliphatic heterocycles. The first kappa shape index (κ1) is 16.1. The summed E-state index contributed by atoms with van der Waals surface area (Å²) in [5.41, 5.74) is 3.42. The van der Waals surface area contributed by atoms with E-state index in [0.717, 1.165) is 36.1 Å². The van der Waals surface area contributed by atoms with Crippen LogP contribution in [0.5, 0.6) is 5.75 Å². The van der Waals surface area contributed by atoms with Crippen molar-refractivity contribution >= 4 is 5.91 Å². The lowest BCUT2D eigenvalue weighted by Crippen LogP contribution is -2.38. The maximum atomic E-state index is 12.3. The number of nitrogens with zero attached hydrogens (tertiary/aromatic N) is 1. The van der Waals surface area contributed by atoms with E-state index in [1.165, 1.54) is 24.8 Å². The fraction of sp³-hybridized carbons (Fsp3) is 0.429. The maximum absolute atomic E-state index is 12.3. The van der Waals surface area contributed by atoms with Crippen molar-refractivity contribution in [2.75, 3.05) is 6.54 Å². The smallest absolute Gasteiger partial charge is 0.223 e. The van der Waals surface area contributed by atoms with Crippen LogP contribution in [0, 0.1) is 5.92 Å². The van der Waals surface area contributed by atoms with Gasteiger partial charge in [0.15, 0.2) is 0 Å². The predicted molar refractivity (Wildman–Crippen MR) is 97.4 cm³/mol. The molecule has 1 fully saturated rings. The second-order valence-electron chi connectivity index (χ2n) is 7.05. The van der Waals surface area contributed by atoms with Crippen LogP contribution in [0.25, 0.3) is 11.1 Å². The molecule has 1 atom stereocenters. The lowest BCUT2D eigenvalue weighted by atomic mass is 9.88. The number of pyridine rings is 1. The van der Waals surface area contributed by atoms with Crippen LogP contribution in [-0.2, 0) is 11.2 Å². The summed E-state index contributed by atoms with van der Waals surface area (Å²) in [6.45, 7) is 0.583. The highest BCUT2D eigenvalue weighted by Gasteiger charge is 2.27. The first-order chi connectivity index (χ1) is 12.3. The van der Waals surface area contributed by atoms with Gasteiger partial charge < -0.3 is 10.1 Å². The summed E-state index contributed by atoms with van der Waals surface area (Å²) in [6.07, 6.45) is 10.1. The van der Waals surface area contributed by atoms with E-state index in [4.69, 9.17) is 4.74 Å². The number of nitrogens with one attached hydrogen (secondary N) is 1. The minimum Gasteiger partial charge on any atom is -0.487 e. The van der Waals surface area contributed by atoms with Gasteiger partial charge in [-0.05, 0) is 36.1 Å². The first-order valence-electron chi connectivity index (χ1n) is 9.28. The number of fused-ring (bicyclic) bond motifs is 1. The molecular weight excluding hydrogens is 312 g/mol. The fourth-order valence-corrected chi connectivity index (χ4v) is 3.93. The Labute approximate surface area is 148 Å². The highest BCUT2D eigenvalue weighted by molar-refractivity contribution is 5.78. The van der Waals surface area contributed by atoms with Gasteiger partial charge in [-0.15, -0.1) is 0 Å². The zero-order valence-corrected chi connectivity index (χ0v) is 14.4. The predicted octanol–water partition coefficient (Wildman–Crippen LogP) is 3.75. The van der Waals surface area contributed by atoms with Gasteiger partial charge in [0.2, 0.25) is 5.91 Å². The van der Waals surface area contributed by atoms with E-state index in [0.29, 0.717) is 6.54 Å². The molecule has 0 spiro atoms. The Morgan fingerprint density at radius 3 is 2.72 bits per heavy atom. The summed E-state index contributed by atoms with van der Waals surface area (Å²) in [5.74, 6) is 1.35. The van der Waals surface area contributed by atoms with E-state index in [2.05, 4.69) is 28.5 Å². The zero-order valence-electron chi connectivity index (χ0n) is 14.4. The molecule has 1 saturated carbocycles. The molecule has 1 aliphatic carbocycles. The van der Waals surface area contributed by atoms with Crippen molar-refractivity contribution in [3.05, 3.63) is 48.3 Å². The van der Waals surface area contributed by atoms with Crippen molar-refractivity contribution in [1.29, 1.82) is 0 Å². The molecule has 2 aromatic rings. The number of amides is 1. The van der Waals surface area contributed by atoms with Crippen molar-refractivity contribution < 1.29 is 9.53 Å². The Bertz CT molecular complexity index is 739. The number of para-hydroxylation sites is 1. The quantitative estimate of drug-likeness (QED) is 0.925. The van der Waals surface area contributed by atoms with Gasteiger partial charge in [0.25, 0.3) is 0 Å². The number of ether oxygens (including phenoxy) is 1. The number of rotatable bonds is 4. The Morgan fingerprint density at radius 2 is 1.92 bits per heavy atom. The number of aromatic nitrogens is 1. The number of carbonyl (C=O) groups excluding carboxylic acids is 1. The molecule has 1 N–H and O–H groups in total. The van der Waals surface area contributed by atoms with Gasteiger partial charge in [0.1, 0.15) is 11.9 Å². The molecule has 4 rings (SSSR count). The highest BCUT2D eigenvalue weighted by atomic mass is 16.5. The average Bonchev–Trinajstić information content (AvgIpc) is 3.10. The Balaban J connectivity index is 1.41. The molecule has 2 heterocycles. The van der Waals surface area contributed by atoms with E-state index < -0.39 is 0 Å². The summed E-state index contributed by atoms with van der Waals surface area (Å²) in [4.78, 5) is 16.4. The number of hydrogen-bond donors (Lipinski definition) is 1. The van der Waals surface area contributed by atoms with Crippen LogP contribution in [0.3, 0.4) is 0 Å². The normalized spacial score (nSPS) is 19.9. The second-order valence-corrected chi connectivity index (χ2v) is 7.05. The lowest BCUT2D eigenvalue weighted by molar-refractivity contribution is -0.126. The van der Waals surface area contributed by atoms with E-state index in [9.17, 15) is 4.79 Å². The third kappa shape index (κ3) is 3.53. The molecule has 1 aromatic carbocycles. The van der Waals surface area contributed by atoms with E-state index in [1.54, 1.807) is 12.4 Å². The minimum absolute atomic E-state index is 0.0190. The van der Waals surface area contributed by atoms with Crippen molar-refractivity contribution in [2.45, 2.75) is 44.6 Å². The Hall–Kier alpha value is -2.36. The molecule has 0 bridgehead atoms. The van der Waals surface area contributed by atoms with E-state index in [1.807, 2.05) is 12.1 Å². The third-order valence-corrected chi connectivity index (χ3v) is 5.30. The summed E-state index contributed by atoms with van der Waals surface area (Å²) >= 11 is 0. The minimum atomic E-state index is 0.0190. The van der Waals surface area contributed by atoms with Gasteiger partial charge in [0.05, 0.1) is 6.54 Å². The average molecular weight is 336 g/mol. The summed E-state index contributed by atoms with van der Waals surface area (Å²) in [5, 5.41) is 3.11. The van der Waals surface area contributed by atoms with Crippen LogP contribution in [0.1, 0.15) is 37.7 Å². The standard InChI is InChI=1S/C21H24N2O2/c24-21(16-5-2-1-3-6-16)23-14-18-13-17-7-4-8-19(20(17)25-18)15-9-11-22-12-10-15/h4,7-12,16,18H,1-3,5-6,13-14H2,(H,23,24). The van der Waals surface area contributed by atoms with Gasteiger partial charge in [-0.2, -0.15) is 0 Å². The molecule has 25 heavy (non-hydrogen) atoms. The summed E-state index contributed by atoms with van der Waals surface area (Å²) < 4.78 is 6.20. The highest BCUT2D eigenvalue weighted by Crippen LogP contribution is 2.38. The number of hydrogen-bond acceptors (Lipinski definition) is 3. The second kappa shape index (κ2) is 7.26. The monoisotopic (exact) mass is 336 g/mol.